The van der Waals surface area contributed by atoms with Gasteiger partial charge in [-0.05, 0) is 19.8 Å². The van der Waals surface area contributed by atoms with Gasteiger partial charge in [-0.1, -0.05) is 0 Å². The maximum absolute atomic E-state index is 12.1. The van der Waals surface area contributed by atoms with Crippen LogP contribution in [0, 0.1) is 5.92 Å². The zero-order valence-corrected chi connectivity index (χ0v) is 11.5. The van der Waals surface area contributed by atoms with E-state index in [2.05, 4.69) is 15.3 Å². The molecule has 1 aromatic heterocycles. The Morgan fingerprint density at radius 3 is 3.00 bits per heavy atom. The van der Waals surface area contributed by atoms with E-state index in [9.17, 15) is 9.59 Å². The molecule has 1 fully saturated rings. The number of H-pyrrole nitrogens is 1. The third-order valence-electron chi connectivity index (χ3n) is 3.68. The van der Waals surface area contributed by atoms with E-state index in [1.54, 1.807) is 17.3 Å². The van der Waals surface area contributed by atoms with E-state index in [-0.39, 0.29) is 18.0 Å². The first kappa shape index (κ1) is 14.4. The molecule has 2 amide bonds. The summed E-state index contributed by atoms with van der Waals surface area (Å²) < 4.78 is 0. The van der Waals surface area contributed by atoms with Gasteiger partial charge in [-0.3, -0.25) is 4.79 Å². The number of imidazole rings is 1. The van der Waals surface area contributed by atoms with E-state index in [1.807, 2.05) is 6.92 Å². The Bertz CT molecular complexity index is 460. The van der Waals surface area contributed by atoms with Crippen molar-refractivity contribution in [2.24, 2.45) is 5.92 Å². The second-order valence-electron chi connectivity index (χ2n) is 5.12. The minimum Gasteiger partial charge on any atom is -0.481 e. The van der Waals surface area contributed by atoms with Gasteiger partial charge in [0.05, 0.1) is 5.92 Å². The molecule has 0 spiro atoms. The third-order valence-corrected chi connectivity index (χ3v) is 3.68. The Kier molecular flexibility index (Phi) is 4.60. The summed E-state index contributed by atoms with van der Waals surface area (Å²) in [4.78, 5) is 31.8. The zero-order chi connectivity index (χ0) is 14.5. The monoisotopic (exact) mass is 280 g/mol. The van der Waals surface area contributed by atoms with Gasteiger partial charge in [0.1, 0.15) is 5.82 Å². The minimum atomic E-state index is -0.769. The summed E-state index contributed by atoms with van der Waals surface area (Å²) in [6.07, 6.45) is 5.11. The summed E-state index contributed by atoms with van der Waals surface area (Å²) in [5, 5.41) is 11.8. The predicted octanol–water partition coefficient (Wildman–Crippen LogP) is 0.847. The molecule has 3 N–H and O–H groups in total. The molecular weight excluding hydrogens is 260 g/mol. The number of hydrogen-bond acceptors (Lipinski definition) is 3. The molecule has 0 aliphatic carbocycles. The Balaban J connectivity index is 1.76. The van der Waals surface area contributed by atoms with E-state index in [0.29, 0.717) is 32.4 Å². The van der Waals surface area contributed by atoms with Gasteiger partial charge in [-0.25, -0.2) is 9.78 Å². The van der Waals surface area contributed by atoms with Crippen molar-refractivity contribution in [3.63, 3.8) is 0 Å². The van der Waals surface area contributed by atoms with Gasteiger partial charge < -0.3 is 20.3 Å². The summed E-state index contributed by atoms with van der Waals surface area (Å²) in [5.41, 5.74) is 0. The standard InChI is InChI=1S/C13H20N4O3/c1-9-8-10(12(18)19)3-7-17(9)13(20)16-4-2-11-14-5-6-15-11/h5-6,9-10H,2-4,7-8H2,1H3,(H,14,15)(H,16,20)(H,18,19). The van der Waals surface area contributed by atoms with Crippen LogP contribution in [0.3, 0.4) is 0 Å². The lowest BCUT2D eigenvalue weighted by molar-refractivity contribution is -0.143. The van der Waals surface area contributed by atoms with Crippen molar-refractivity contribution in [1.29, 1.82) is 0 Å². The highest BCUT2D eigenvalue weighted by Crippen LogP contribution is 2.22. The molecule has 2 rings (SSSR count). The first-order chi connectivity index (χ1) is 9.58. The smallest absolute Gasteiger partial charge is 0.317 e. The maximum Gasteiger partial charge on any atom is 0.317 e. The molecule has 0 radical (unpaired) electrons. The number of carbonyl (C=O) groups excluding carboxylic acids is 1. The number of rotatable bonds is 4. The number of nitrogens with one attached hydrogen (secondary N) is 2. The first-order valence-corrected chi connectivity index (χ1v) is 6.83. The number of aliphatic carboxylic acids is 1. The molecule has 1 aliphatic heterocycles. The van der Waals surface area contributed by atoms with Crippen LogP contribution in [0.5, 0.6) is 0 Å². The topological polar surface area (TPSA) is 98.3 Å². The molecule has 2 heterocycles. The number of carboxylic acid groups (broad SMARTS) is 1. The zero-order valence-electron chi connectivity index (χ0n) is 11.5. The maximum atomic E-state index is 12.1. The van der Waals surface area contributed by atoms with E-state index in [0.717, 1.165) is 5.82 Å². The average Bonchev–Trinajstić information content (AvgIpc) is 2.91. The van der Waals surface area contributed by atoms with E-state index in [1.165, 1.54) is 0 Å². The summed E-state index contributed by atoms with van der Waals surface area (Å²) in [6.45, 7) is 2.89. The van der Waals surface area contributed by atoms with Crippen LogP contribution in [0.4, 0.5) is 4.79 Å². The van der Waals surface area contributed by atoms with Crippen molar-refractivity contribution in [3.8, 4) is 0 Å². The van der Waals surface area contributed by atoms with Crippen LogP contribution in [0.25, 0.3) is 0 Å². The number of likely N-dealkylation sites (tertiary alicyclic amines) is 1. The number of nitrogens with zero attached hydrogens (tertiary/aromatic N) is 2. The van der Waals surface area contributed by atoms with Gasteiger partial charge in [0.15, 0.2) is 0 Å². The molecule has 1 saturated heterocycles. The van der Waals surface area contributed by atoms with Crippen molar-refractivity contribution in [2.45, 2.75) is 32.2 Å². The van der Waals surface area contributed by atoms with Crippen LogP contribution in [0.15, 0.2) is 12.4 Å². The third kappa shape index (κ3) is 3.49. The van der Waals surface area contributed by atoms with Crippen LogP contribution >= 0.6 is 0 Å². The van der Waals surface area contributed by atoms with Crippen molar-refractivity contribution < 1.29 is 14.7 Å². The van der Waals surface area contributed by atoms with Crippen molar-refractivity contribution >= 4 is 12.0 Å². The van der Waals surface area contributed by atoms with Gasteiger partial charge in [0.2, 0.25) is 0 Å². The Hall–Kier alpha value is -2.05. The fourth-order valence-corrected chi connectivity index (χ4v) is 2.52. The summed E-state index contributed by atoms with van der Waals surface area (Å²) >= 11 is 0. The molecule has 2 unspecified atom stereocenters. The highest BCUT2D eigenvalue weighted by Gasteiger charge is 2.31. The molecule has 1 aliphatic rings. The number of aromatic amines is 1. The quantitative estimate of drug-likeness (QED) is 0.761. The number of aromatic nitrogens is 2. The first-order valence-electron chi connectivity index (χ1n) is 6.83. The van der Waals surface area contributed by atoms with Gasteiger partial charge in [0.25, 0.3) is 0 Å². The van der Waals surface area contributed by atoms with Crippen LogP contribution in [0.2, 0.25) is 0 Å². The number of urea groups is 1. The fraction of sp³-hybridized carbons (Fsp3) is 0.615. The lowest BCUT2D eigenvalue weighted by atomic mass is 9.92. The summed E-state index contributed by atoms with van der Waals surface area (Å²) in [5.74, 6) is -0.269. The molecule has 0 aromatic carbocycles. The van der Waals surface area contributed by atoms with Crippen molar-refractivity contribution in [3.05, 3.63) is 18.2 Å². The fourth-order valence-electron chi connectivity index (χ4n) is 2.52. The molecule has 1 aromatic rings. The molecule has 7 heteroatoms. The number of carbonyl (C=O) groups is 2. The van der Waals surface area contributed by atoms with Crippen molar-refractivity contribution in [1.82, 2.24) is 20.2 Å². The van der Waals surface area contributed by atoms with Crippen molar-refractivity contribution in [2.75, 3.05) is 13.1 Å². The van der Waals surface area contributed by atoms with Crippen LogP contribution < -0.4 is 5.32 Å². The second kappa shape index (κ2) is 6.40. The second-order valence-corrected chi connectivity index (χ2v) is 5.12. The van der Waals surface area contributed by atoms with Crippen LogP contribution in [-0.2, 0) is 11.2 Å². The Labute approximate surface area is 117 Å². The lowest BCUT2D eigenvalue weighted by Crippen LogP contribution is -2.50. The normalized spacial score (nSPS) is 22.6. The van der Waals surface area contributed by atoms with Gasteiger partial charge >= 0.3 is 12.0 Å². The SMILES string of the molecule is CC1CC(C(=O)O)CCN1C(=O)NCCc1ncc[nH]1. The molecule has 7 nitrogen and oxygen atoms in total. The predicted molar refractivity (Wildman–Crippen MR) is 72.2 cm³/mol. The number of piperidine rings is 1. The van der Waals surface area contributed by atoms with Crippen LogP contribution in [0.1, 0.15) is 25.6 Å². The minimum absolute atomic E-state index is 0.0477. The van der Waals surface area contributed by atoms with E-state index in [4.69, 9.17) is 5.11 Å². The number of hydrogen-bond donors (Lipinski definition) is 3. The molecule has 2 atom stereocenters. The van der Waals surface area contributed by atoms with Gasteiger partial charge in [-0.15, -0.1) is 0 Å². The molecule has 0 bridgehead atoms. The van der Waals surface area contributed by atoms with Crippen LogP contribution in [-0.4, -0.2) is 51.1 Å². The largest absolute Gasteiger partial charge is 0.481 e. The average molecular weight is 280 g/mol. The number of amides is 2. The van der Waals surface area contributed by atoms with E-state index < -0.39 is 5.97 Å². The Morgan fingerprint density at radius 2 is 2.40 bits per heavy atom. The lowest BCUT2D eigenvalue weighted by Gasteiger charge is -2.36. The van der Waals surface area contributed by atoms with Gasteiger partial charge in [-0.2, -0.15) is 0 Å². The molecule has 0 saturated carbocycles. The number of carboxylic acids is 1. The molecule has 110 valence electrons. The molecule has 20 heavy (non-hydrogen) atoms. The Morgan fingerprint density at radius 1 is 1.60 bits per heavy atom. The highest BCUT2D eigenvalue weighted by atomic mass is 16.4. The van der Waals surface area contributed by atoms with Gasteiger partial charge in [0, 0.05) is 37.9 Å². The summed E-state index contributed by atoms with van der Waals surface area (Å²) in [6, 6.07) is -0.179. The molecular formula is C13H20N4O3. The highest BCUT2D eigenvalue weighted by molar-refractivity contribution is 5.75. The van der Waals surface area contributed by atoms with E-state index >= 15 is 0 Å². The summed E-state index contributed by atoms with van der Waals surface area (Å²) in [7, 11) is 0.